The van der Waals surface area contributed by atoms with Crippen LogP contribution < -0.4 is 11.3 Å². The molecule has 0 aliphatic heterocycles. The molecule has 1 unspecified atom stereocenters. The molecule has 0 spiro atoms. The molecule has 86 valence electrons. The van der Waals surface area contributed by atoms with Crippen molar-refractivity contribution in [2.24, 2.45) is 5.84 Å². The van der Waals surface area contributed by atoms with Gasteiger partial charge in [-0.1, -0.05) is 0 Å². The first-order valence-corrected chi connectivity index (χ1v) is 5.09. The molecule has 0 saturated heterocycles. The Morgan fingerprint density at radius 3 is 2.87 bits per heavy atom. The molecule has 5 heteroatoms. The van der Waals surface area contributed by atoms with Gasteiger partial charge in [0.15, 0.2) is 0 Å². The lowest BCUT2D eigenvalue weighted by Gasteiger charge is -2.24. The van der Waals surface area contributed by atoms with Gasteiger partial charge in [0, 0.05) is 19.5 Å². The van der Waals surface area contributed by atoms with Crippen molar-refractivity contribution in [3.05, 3.63) is 18.2 Å². The molecular weight excluding hydrogens is 192 g/mol. The van der Waals surface area contributed by atoms with Crippen LogP contribution in [0.25, 0.3) is 0 Å². The van der Waals surface area contributed by atoms with E-state index in [1.807, 2.05) is 0 Å². The lowest BCUT2D eigenvalue weighted by Crippen LogP contribution is -2.31. The Balaban J connectivity index is 2.49. The summed E-state index contributed by atoms with van der Waals surface area (Å²) in [5.74, 6) is 6.35. The molecule has 1 aromatic heterocycles. The molecule has 1 heterocycles. The number of ether oxygens (including phenoxy) is 1. The zero-order valence-electron chi connectivity index (χ0n) is 9.58. The van der Waals surface area contributed by atoms with Gasteiger partial charge in [0.25, 0.3) is 0 Å². The highest BCUT2D eigenvalue weighted by Crippen LogP contribution is 2.21. The Morgan fingerprint density at radius 1 is 1.67 bits per heavy atom. The standard InChI is InChI=1S/C10H20N4O/c1-10(2,15-3)5-4-8(14-11)9-12-6-7-13-9/h6-8,14H,4-5,11H2,1-3H3,(H,12,13). The third-order valence-corrected chi connectivity index (χ3v) is 2.64. The minimum Gasteiger partial charge on any atom is -0.379 e. The monoisotopic (exact) mass is 212 g/mol. The molecule has 0 fully saturated rings. The number of nitrogens with one attached hydrogen (secondary N) is 2. The molecule has 1 aromatic rings. The van der Waals surface area contributed by atoms with Crippen molar-refractivity contribution in [1.29, 1.82) is 0 Å². The number of imidazole rings is 1. The van der Waals surface area contributed by atoms with Gasteiger partial charge in [0.2, 0.25) is 0 Å². The van der Waals surface area contributed by atoms with Crippen molar-refractivity contribution in [2.45, 2.75) is 38.3 Å². The fraction of sp³-hybridized carbons (Fsp3) is 0.700. The van der Waals surface area contributed by atoms with Gasteiger partial charge < -0.3 is 9.72 Å². The van der Waals surface area contributed by atoms with E-state index in [2.05, 4.69) is 29.2 Å². The van der Waals surface area contributed by atoms with E-state index < -0.39 is 0 Å². The molecule has 0 aliphatic rings. The highest BCUT2D eigenvalue weighted by molar-refractivity contribution is 4.95. The summed E-state index contributed by atoms with van der Waals surface area (Å²) >= 11 is 0. The van der Waals surface area contributed by atoms with Gasteiger partial charge in [-0.05, 0) is 26.7 Å². The van der Waals surface area contributed by atoms with Crippen molar-refractivity contribution in [1.82, 2.24) is 15.4 Å². The average molecular weight is 212 g/mol. The fourth-order valence-electron chi connectivity index (χ4n) is 1.36. The molecule has 4 N–H and O–H groups in total. The first-order chi connectivity index (χ1) is 7.09. The molecule has 0 aromatic carbocycles. The van der Waals surface area contributed by atoms with E-state index in [0.717, 1.165) is 18.7 Å². The lowest BCUT2D eigenvalue weighted by atomic mass is 9.99. The molecule has 0 radical (unpaired) electrons. The maximum atomic E-state index is 5.48. The summed E-state index contributed by atoms with van der Waals surface area (Å²) in [6.07, 6.45) is 5.31. The van der Waals surface area contributed by atoms with Crippen LogP contribution >= 0.6 is 0 Å². The van der Waals surface area contributed by atoms with Crippen LogP contribution in [0.1, 0.15) is 38.6 Å². The third-order valence-electron chi connectivity index (χ3n) is 2.64. The zero-order chi connectivity index (χ0) is 11.3. The molecule has 15 heavy (non-hydrogen) atoms. The van der Waals surface area contributed by atoms with E-state index in [1.54, 1.807) is 19.5 Å². The SMILES string of the molecule is COC(C)(C)CCC(NN)c1ncc[nH]1. The van der Waals surface area contributed by atoms with Crippen molar-refractivity contribution < 1.29 is 4.74 Å². The van der Waals surface area contributed by atoms with Crippen LogP contribution in [0.2, 0.25) is 0 Å². The summed E-state index contributed by atoms with van der Waals surface area (Å²) in [6, 6.07) is 0.0504. The number of H-pyrrole nitrogens is 1. The maximum absolute atomic E-state index is 5.48. The Hall–Kier alpha value is -0.910. The van der Waals surface area contributed by atoms with Gasteiger partial charge in [0.05, 0.1) is 11.6 Å². The summed E-state index contributed by atoms with van der Waals surface area (Å²) in [6.45, 7) is 4.12. The maximum Gasteiger partial charge on any atom is 0.124 e. The second-order valence-electron chi connectivity index (χ2n) is 4.20. The van der Waals surface area contributed by atoms with Gasteiger partial charge in [-0.15, -0.1) is 0 Å². The van der Waals surface area contributed by atoms with Crippen molar-refractivity contribution >= 4 is 0 Å². The number of rotatable bonds is 6. The van der Waals surface area contributed by atoms with Crippen LogP contribution in [-0.2, 0) is 4.74 Å². The van der Waals surface area contributed by atoms with Gasteiger partial charge in [-0.3, -0.25) is 5.84 Å². The van der Waals surface area contributed by atoms with Crippen molar-refractivity contribution in [3.8, 4) is 0 Å². The normalized spacial score (nSPS) is 14.1. The van der Waals surface area contributed by atoms with Crippen LogP contribution in [-0.4, -0.2) is 22.7 Å². The van der Waals surface area contributed by atoms with Crippen molar-refractivity contribution in [3.63, 3.8) is 0 Å². The Bertz CT molecular complexity index is 271. The van der Waals surface area contributed by atoms with E-state index in [0.29, 0.717) is 0 Å². The predicted octanol–water partition coefficient (Wildman–Crippen LogP) is 1.12. The molecule has 0 bridgehead atoms. The van der Waals surface area contributed by atoms with Crippen LogP contribution in [0, 0.1) is 0 Å². The minimum atomic E-state index is -0.123. The molecule has 1 rings (SSSR count). The Kier molecular flexibility index (Phi) is 4.26. The van der Waals surface area contributed by atoms with E-state index in [-0.39, 0.29) is 11.6 Å². The number of nitrogens with two attached hydrogens (primary N) is 1. The van der Waals surface area contributed by atoms with Crippen LogP contribution in [0.5, 0.6) is 0 Å². The summed E-state index contributed by atoms with van der Waals surface area (Å²) < 4.78 is 5.35. The number of hydrazine groups is 1. The van der Waals surface area contributed by atoms with Crippen molar-refractivity contribution in [2.75, 3.05) is 7.11 Å². The topological polar surface area (TPSA) is 76.0 Å². The number of nitrogens with zero attached hydrogens (tertiary/aromatic N) is 1. The van der Waals surface area contributed by atoms with E-state index in [1.165, 1.54) is 0 Å². The first kappa shape index (κ1) is 12.2. The Labute approximate surface area is 90.4 Å². The number of aromatic amines is 1. The van der Waals surface area contributed by atoms with E-state index in [4.69, 9.17) is 10.6 Å². The van der Waals surface area contributed by atoms with E-state index in [9.17, 15) is 0 Å². The quantitative estimate of drug-likeness (QED) is 0.488. The predicted molar refractivity (Wildman–Crippen MR) is 59.0 cm³/mol. The first-order valence-electron chi connectivity index (χ1n) is 5.09. The van der Waals surface area contributed by atoms with Crippen LogP contribution in [0.4, 0.5) is 0 Å². The molecule has 0 aliphatic carbocycles. The lowest BCUT2D eigenvalue weighted by molar-refractivity contribution is 0.0115. The molecular formula is C10H20N4O. The molecule has 1 atom stereocenters. The number of aromatic nitrogens is 2. The average Bonchev–Trinajstić information content (AvgIpc) is 2.72. The van der Waals surface area contributed by atoms with Crippen LogP contribution in [0.3, 0.4) is 0 Å². The van der Waals surface area contributed by atoms with E-state index >= 15 is 0 Å². The Morgan fingerprint density at radius 2 is 2.40 bits per heavy atom. The molecule has 0 saturated carbocycles. The van der Waals surface area contributed by atoms with Gasteiger partial charge in [-0.25, -0.2) is 10.4 Å². The number of hydrogen-bond donors (Lipinski definition) is 3. The second kappa shape index (κ2) is 5.25. The number of hydrogen-bond acceptors (Lipinski definition) is 4. The highest BCUT2D eigenvalue weighted by atomic mass is 16.5. The summed E-state index contributed by atoms with van der Waals surface area (Å²) in [4.78, 5) is 7.22. The number of methoxy groups -OCH3 is 1. The van der Waals surface area contributed by atoms with Crippen LogP contribution in [0.15, 0.2) is 12.4 Å². The second-order valence-corrected chi connectivity index (χ2v) is 4.20. The smallest absolute Gasteiger partial charge is 0.124 e. The molecule has 5 nitrogen and oxygen atoms in total. The minimum absolute atomic E-state index is 0.0504. The summed E-state index contributed by atoms with van der Waals surface area (Å²) in [5, 5.41) is 0. The fourth-order valence-corrected chi connectivity index (χ4v) is 1.36. The highest BCUT2D eigenvalue weighted by Gasteiger charge is 2.20. The van der Waals surface area contributed by atoms with Gasteiger partial charge >= 0.3 is 0 Å². The zero-order valence-corrected chi connectivity index (χ0v) is 9.58. The largest absolute Gasteiger partial charge is 0.379 e. The van der Waals surface area contributed by atoms with Gasteiger partial charge in [0.1, 0.15) is 5.82 Å². The summed E-state index contributed by atoms with van der Waals surface area (Å²) in [5.41, 5.74) is 2.63. The third kappa shape index (κ3) is 3.62. The summed E-state index contributed by atoms with van der Waals surface area (Å²) in [7, 11) is 1.72. The van der Waals surface area contributed by atoms with Gasteiger partial charge in [-0.2, -0.15) is 0 Å². The molecule has 0 amide bonds.